The maximum Gasteiger partial charge on any atom is 0.212 e. The molecule has 6 nitrogen and oxygen atoms in total. The van der Waals surface area contributed by atoms with Crippen molar-refractivity contribution in [2.75, 3.05) is 27.4 Å². The molecule has 0 bridgehead atoms. The van der Waals surface area contributed by atoms with Gasteiger partial charge in [-0.05, 0) is 37.1 Å². The molecule has 0 spiro atoms. The van der Waals surface area contributed by atoms with Crippen LogP contribution in [0.2, 0.25) is 5.02 Å². The summed E-state index contributed by atoms with van der Waals surface area (Å²) < 4.78 is 22.0. The lowest BCUT2D eigenvalue weighted by Gasteiger charge is -2.21. The van der Waals surface area contributed by atoms with E-state index < -0.39 is 0 Å². The highest BCUT2D eigenvalue weighted by Gasteiger charge is 2.29. The highest BCUT2D eigenvalue weighted by Crippen LogP contribution is 2.37. The molecule has 1 aliphatic heterocycles. The molecule has 0 aliphatic carbocycles. The maximum absolute atomic E-state index is 6.36. The molecule has 2 heterocycles. The Bertz CT molecular complexity index is 754. The Balaban J connectivity index is 1.69. The normalized spacial score (nSPS) is 19.1. The van der Waals surface area contributed by atoms with E-state index in [9.17, 15) is 0 Å². The van der Waals surface area contributed by atoms with Gasteiger partial charge in [-0.15, -0.1) is 0 Å². The van der Waals surface area contributed by atoms with E-state index in [2.05, 4.69) is 10.3 Å². The molecule has 2 atom stereocenters. The minimum Gasteiger partial charge on any atom is -0.493 e. The molecule has 0 unspecified atom stereocenters. The van der Waals surface area contributed by atoms with Gasteiger partial charge in [-0.2, -0.15) is 0 Å². The van der Waals surface area contributed by atoms with Gasteiger partial charge < -0.3 is 24.3 Å². The first-order valence-electron chi connectivity index (χ1n) is 9.00. The Morgan fingerprint density at radius 1 is 1.26 bits per heavy atom. The molecule has 1 N–H and O–H groups in total. The molecule has 1 aromatic heterocycles. The number of aromatic nitrogens is 1. The summed E-state index contributed by atoms with van der Waals surface area (Å²) in [5, 5.41) is 4.11. The third kappa shape index (κ3) is 4.64. The van der Waals surface area contributed by atoms with Crippen LogP contribution in [0.1, 0.15) is 30.6 Å². The van der Waals surface area contributed by atoms with Crippen molar-refractivity contribution in [2.45, 2.75) is 32.0 Å². The predicted molar refractivity (Wildman–Crippen MR) is 104 cm³/mol. The molecule has 146 valence electrons. The number of rotatable bonds is 8. The minimum absolute atomic E-state index is 0.0385. The van der Waals surface area contributed by atoms with Crippen LogP contribution < -0.4 is 19.5 Å². The molecular formula is C20H25ClN2O4. The summed E-state index contributed by atoms with van der Waals surface area (Å²) in [6, 6.07) is 7.89. The standard InChI is InChI=1S/C20H25ClN2O4/c1-4-26-20-15(21)9-13(10-17(20)24-2)11-22-16-7-8-27-19(16)14-5-6-18(25-3)23-12-14/h5-6,9-10,12,16,19,22H,4,7-8,11H2,1-3H3/t16-,19+/m0/s1. The molecule has 1 aromatic carbocycles. The van der Waals surface area contributed by atoms with Gasteiger partial charge in [0.2, 0.25) is 5.88 Å². The van der Waals surface area contributed by atoms with E-state index in [1.807, 2.05) is 31.2 Å². The van der Waals surface area contributed by atoms with Gasteiger partial charge in [0, 0.05) is 37.0 Å². The molecule has 3 rings (SSSR count). The summed E-state index contributed by atoms with van der Waals surface area (Å²) in [5.41, 5.74) is 2.06. The van der Waals surface area contributed by atoms with Crippen molar-refractivity contribution < 1.29 is 18.9 Å². The maximum atomic E-state index is 6.36. The highest BCUT2D eigenvalue weighted by atomic mass is 35.5. The SMILES string of the molecule is CCOc1c(Cl)cc(CN[C@H]2CCO[C@@H]2c2ccc(OC)nc2)cc1OC. The number of hydrogen-bond acceptors (Lipinski definition) is 6. The molecular weight excluding hydrogens is 368 g/mol. The van der Waals surface area contributed by atoms with E-state index in [0.29, 0.717) is 42.2 Å². The van der Waals surface area contributed by atoms with Gasteiger partial charge in [-0.1, -0.05) is 11.6 Å². The zero-order valence-corrected chi connectivity index (χ0v) is 16.6. The zero-order valence-electron chi connectivity index (χ0n) is 15.8. The van der Waals surface area contributed by atoms with Crippen LogP contribution in [0.15, 0.2) is 30.5 Å². The Morgan fingerprint density at radius 2 is 2.11 bits per heavy atom. The van der Waals surface area contributed by atoms with Gasteiger partial charge in [0.1, 0.15) is 0 Å². The number of halogens is 1. The van der Waals surface area contributed by atoms with Crippen molar-refractivity contribution >= 4 is 11.6 Å². The summed E-state index contributed by atoms with van der Waals surface area (Å²) in [4.78, 5) is 4.28. The molecule has 7 heteroatoms. The fourth-order valence-corrected chi connectivity index (χ4v) is 3.50. The quantitative estimate of drug-likeness (QED) is 0.737. The Morgan fingerprint density at radius 3 is 2.78 bits per heavy atom. The molecule has 0 radical (unpaired) electrons. The number of nitrogens with one attached hydrogen (secondary N) is 1. The highest BCUT2D eigenvalue weighted by molar-refractivity contribution is 6.32. The lowest BCUT2D eigenvalue weighted by Crippen LogP contribution is -2.31. The van der Waals surface area contributed by atoms with E-state index in [4.69, 9.17) is 30.5 Å². The lowest BCUT2D eigenvalue weighted by molar-refractivity contribution is 0.0981. The lowest BCUT2D eigenvalue weighted by atomic mass is 10.0. The van der Waals surface area contributed by atoms with Gasteiger partial charge in [-0.3, -0.25) is 0 Å². The largest absolute Gasteiger partial charge is 0.493 e. The molecule has 1 fully saturated rings. The van der Waals surface area contributed by atoms with Crippen molar-refractivity contribution in [3.63, 3.8) is 0 Å². The summed E-state index contributed by atoms with van der Waals surface area (Å²) in [6.07, 6.45) is 2.70. The summed E-state index contributed by atoms with van der Waals surface area (Å²) in [5.74, 6) is 1.81. The minimum atomic E-state index is -0.0385. The first kappa shape index (κ1) is 19.7. The van der Waals surface area contributed by atoms with Crippen LogP contribution in [0, 0.1) is 0 Å². The third-order valence-electron chi connectivity index (χ3n) is 4.53. The van der Waals surface area contributed by atoms with Crippen LogP contribution in [0.4, 0.5) is 0 Å². The average molecular weight is 393 g/mol. The predicted octanol–water partition coefficient (Wildman–Crippen LogP) is 3.77. The number of benzene rings is 1. The van der Waals surface area contributed by atoms with Crippen molar-refractivity contribution in [1.29, 1.82) is 0 Å². The van der Waals surface area contributed by atoms with Crippen molar-refractivity contribution in [2.24, 2.45) is 0 Å². The summed E-state index contributed by atoms with van der Waals surface area (Å²) in [6.45, 7) is 3.81. The molecule has 0 amide bonds. The van der Waals surface area contributed by atoms with E-state index in [0.717, 1.165) is 17.5 Å². The second kappa shape index (κ2) is 9.26. The number of pyridine rings is 1. The smallest absolute Gasteiger partial charge is 0.212 e. The van der Waals surface area contributed by atoms with Crippen LogP contribution >= 0.6 is 11.6 Å². The van der Waals surface area contributed by atoms with Crippen molar-refractivity contribution in [1.82, 2.24) is 10.3 Å². The zero-order chi connectivity index (χ0) is 19.2. The van der Waals surface area contributed by atoms with Gasteiger partial charge in [0.25, 0.3) is 0 Å². The number of hydrogen-bond donors (Lipinski definition) is 1. The Hall–Kier alpha value is -2.02. The van der Waals surface area contributed by atoms with Crippen molar-refractivity contribution in [3.8, 4) is 17.4 Å². The second-order valence-electron chi connectivity index (χ2n) is 6.24. The van der Waals surface area contributed by atoms with Gasteiger partial charge in [0.05, 0.1) is 32.0 Å². The molecule has 1 saturated heterocycles. The second-order valence-corrected chi connectivity index (χ2v) is 6.65. The van der Waals surface area contributed by atoms with E-state index in [1.54, 1.807) is 20.4 Å². The average Bonchev–Trinajstić information content (AvgIpc) is 3.16. The molecule has 1 aliphatic rings. The fourth-order valence-electron chi connectivity index (χ4n) is 3.22. The summed E-state index contributed by atoms with van der Waals surface area (Å²) in [7, 11) is 3.22. The van der Waals surface area contributed by atoms with Crippen LogP contribution in [0.25, 0.3) is 0 Å². The molecule has 0 saturated carbocycles. The monoisotopic (exact) mass is 392 g/mol. The van der Waals surface area contributed by atoms with Gasteiger partial charge >= 0.3 is 0 Å². The van der Waals surface area contributed by atoms with Crippen LogP contribution in [-0.2, 0) is 11.3 Å². The first-order valence-corrected chi connectivity index (χ1v) is 9.38. The van der Waals surface area contributed by atoms with E-state index in [1.165, 1.54) is 0 Å². The molecule has 2 aromatic rings. The summed E-state index contributed by atoms with van der Waals surface area (Å²) >= 11 is 6.36. The van der Waals surface area contributed by atoms with Gasteiger partial charge in [-0.25, -0.2) is 4.98 Å². The Labute approximate surface area is 164 Å². The van der Waals surface area contributed by atoms with E-state index in [-0.39, 0.29) is 12.1 Å². The number of methoxy groups -OCH3 is 2. The van der Waals surface area contributed by atoms with Crippen LogP contribution in [-0.4, -0.2) is 38.5 Å². The van der Waals surface area contributed by atoms with Crippen LogP contribution in [0.5, 0.6) is 17.4 Å². The molecule has 27 heavy (non-hydrogen) atoms. The van der Waals surface area contributed by atoms with Crippen molar-refractivity contribution in [3.05, 3.63) is 46.6 Å². The van der Waals surface area contributed by atoms with Gasteiger partial charge in [0.15, 0.2) is 11.5 Å². The topological polar surface area (TPSA) is 61.8 Å². The Kier molecular flexibility index (Phi) is 6.77. The number of ether oxygens (including phenoxy) is 4. The third-order valence-corrected chi connectivity index (χ3v) is 4.82. The fraction of sp³-hybridized carbons (Fsp3) is 0.450. The van der Waals surface area contributed by atoms with E-state index >= 15 is 0 Å². The van der Waals surface area contributed by atoms with Crippen LogP contribution in [0.3, 0.4) is 0 Å². The number of nitrogens with zero attached hydrogens (tertiary/aromatic N) is 1. The first-order chi connectivity index (χ1) is 13.2.